The standard InChI is InChI=1S/C24H19ClN4O3S/c1-15-2-12-20(13-3-15)29-22(16-4-8-18(25)9-5-16)27-28-24(29)33-14-21(30)26-19-10-6-17(7-11-19)23(31)32/h2-13H,14H2,1H3,(H,26,30)(H,31,32)/p-1. The van der Waals surface area contributed by atoms with Gasteiger partial charge in [0.05, 0.1) is 11.7 Å². The summed E-state index contributed by atoms with van der Waals surface area (Å²) in [6.07, 6.45) is 0. The predicted octanol–water partition coefficient (Wildman–Crippen LogP) is 3.99. The van der Waals surface area contributed by atoms with E-state index in [1.807, 2.05) is 47.9 Å². The molecule has 0 atom stereocenters. The molecule has 1 heterocycles. The number of benzene rings is 3. The van der Waals surface area contributed by atoms with E-state index in [0.29, 0.717) is 21.7 Å². The van der Waals surface area contributed by atoms with Crippen LogP contribution in [0.2, 0.25) is 5.02 Å². The summed E-state index contributed by atoms with van der Waals surface area (Å²) in [5.41, 5.74) is 3.38. The van der Waals surface area contributed by atoms with Crippen LogP contribution in [-0.4, -0.2) is 32.4 Å². The van der Waals surface area contributed by atoms with Crippen LogP contribution in [0, 0.1) is 6.92 Å². The minimum absolute atomic E-state index is 0.0447. The minimum Gasteiger partial charge on any atom is -0.545 e. The molecule has 0 aliphatic heterocycles. The lowest BCUT2D eigenvalue weighted by atomic mass is 10.2. The van der Waals surface area contributed by atoms with Gasteiger partial charge in [0.25, 0.3) is 0 Å². The summed E-state index contributed by atoms with van der Waals surface area (Å²) in [6, 6.07) is 21.0. The molecular weight excluding hydrogens is 460 g/mol. The molecule has 0 spiro atoms. The van der Waals surface area contributed by atoms with Gasteiger partial charge >= 0.3 is 0 Å². The molecule has 9 heteroatoms. The number of nitrogens with zero attached hydrogens (tertiary/aromatic N) is 3. The average molecular weight is 478 g/mol. The third kappa shape index (κ3) is 5.42. The van der Waals surface area contributed by atoms with Crippen LogP contribution in [0.1, 0.15) is 15.9 Å². The fraction of sp³-hybridized carbons (Fsp3) is 0.0833. The van der Waals surface area contributed by atoms with Gasteiger partial charge in [-0.1, -0.05) is 53.2 Å². The van der Waals surface area contributed by atoms with E-state index in [9.17, 15) is 14.7 Å². The number of carbonyl (C=O) groups is 2. The quantitative estimate of drug-likeness (QED) is 0.404. The SMILES string of the molecule is Cc1ccc(-n2c(SCC(=O)Nc3ccc(C(=O)[O-])cc3)nnc2-c2ccc(Cl)cc2)cc1. The number of aromatic nitrogens is 3. The molecule has 0 aliphatic rings. The Hall–Kier alpha value is -3.62. The number of carboxylic acid groups (broad SMARTS) is 1. The van der Waals surface area contributed by atoms with Gasteiger partial charge in [-0.15, -0.1) is 10.2 Å². The Morgan fingerprint density at radius 1 is 0.970 bits per heavy atom. The van der Waals surface area contributed by atoms with E-state index in [1.54, 1.807) is 12.1 Å². The molecule has 0 aliphatic carbocycles. The molecule has 0 unspecified atom stereocenters. The van der Waals surface area contributed by atoms with Gasteiger partial charge in [0.2, 0.25) is 5.91 Å². The number of anilines is 1. The molecular formula is C24H18ClN4O3S-. The van der Waals surface area contributed by atoms with Crippen molar-refractivity contribution in [2.24, 2.45) is 0 Å². The molecule has 0 saturated heterocycles. The molecule has 0 saturated carbocycles. The summed E-state index contributed by atoms with van der Waals surface area (Å²) in [4.78, 5) is 23.3. The number of carboxylic acids is 1. The summed E-state index contributed by atoms with van der Waals surface area (Å²) in [6.45, 7) is 2.01. The van der Waals surface area contributed by atoms with Crippen molar-refractivity contribution in [3.8, 4) is 17.1 Å². The first-order valence-electron chi connectivity index (χ1n) is 9.93. The first kappa shape index (κ1) is 22.6. The van der Waals surface area contributed by atoms with E-state index in [4.69, 9.17) is 11.6 Å². The van der Waals surface area contributed by atoms with Gasteiger partial charge in [0, 0.05) is 22.0 Å². The van der Waals surface area contributed by atoms with Crippen molar-refractivity contribution in [1.29, 1.82) is 0 Å². The van der Waals surface area contributed by atoms with Gasteiger partial charge in [-0.2, -0.15) is 0 Å². The Bertz CT molecular complexity index is 1290. The number of thioether (sulfide) groups is 1. The van der Waals surface area contributed by atoms with Crippen LogP contribution in [0.15, 0.2) is 78.0 Å². The second-order valence-corrected chi connectivity index (χ2v) is 8.56. The van der Waals surface area contributed by atoms with Gasteiger partial charge in [0.1, 0.15) is 0 Å². The molecule has 4 rings (SSSR count). The van der Waals surface area contributed by atoms with Gasteiger partial charge < -0.3 is 15.2 Å². The molecule has 166 valence electrons. The molecule has 33 heavy (non-hydrogen) atoms. The lowest BCUT2D eigenvalue weighted by molar-refractivity contribution is -0.255. The number of nitrogens with one attached hydrogen (secondary N) is 1. The van der Waals surface area contributed by atoms with Crippen LogP contribution < -0.4 is 10.4 Å². The number of aromatic carboxylic acids is 1. The highest BCUT2D eigenvalue weighted by atomic mass is 35.5. The van der Waals surface area contributed by atoms with Crippen LogP contribution in [0.25, 0.3) is 17.1 Å². The van der Waals surface area contributed by atoms with Gasteiger partial charge in [-0.3, -0.25) is 9.36 Å². The Labute approximate surface area is 199 Å². The Morgan fingerprint density at radius 2 is 1.64 bits per heavy atom. The summed E-state index contributed by atoms with van der Waals surface area (Å²) < 4.78 is 1.90. The van der Waals surface area contributed by atoms with Crippen LogP contribution >= 0.6 is 23.4 Å². The molecule has 3 aromatic carbocycles. The van der Waals surface area contributed by atoms with Crippen molar-refractivity contribution < 1.29 is 14.7 Å². The molecule has 1 aromatic heterocycles. The lowest BCUT2D eigenvalue weighted by Crippen LogP contribution is -2.22. The van der Waals surface area contributed by atoms with Gasteiger partial charge in [-0.25, -0.2) is 0 Å². The molecule has 0 radical (unpaired) electrons. The molecule has 7 nitrogen and oxygen atoms in total. The molecule has 1 N–H and O–H groups in total. The summed E-state index contributed by atoms with van der Waals surface area (Å²) in [5.74, 6) is -0.799. The number of aryl methyl sites for hydroxylation is 1. The number of hydrogen-bond acceptors (Lipinski definition) is 6. The van der Waals surface area contributed by atoms with E-state index in [2.05, 4.69) is 15.5 Å². The van der Waals surface area contributed by atoms with Crippen molar-refractivity contribution in [3.05, 3.63) is 88.9 Å². The molecule has 4 aromatic rings. The zero-order valence-electron chi connectivity index (χ0n) is 17.5. The second-order valence-electron chi connectivity index (χ2n) is 7.19. The van der Waals surface area contributed by atoms with Crippen LogP contribution in [0.4, 0.5) is 5.69 Å². The van der Waals surface area contributed by atoms with Crippen molar-refractivity contribution >= 4 is 40.9 Å². The first-order valence-corrected chi connectivity index (χ1v) is 11.3. The van der Waals surface area contributed by atoms with E-state index < -0.39 is 5.97 Å². The number of amides is 1. The van der Waals surface area contributed by atoms with Crippen LogP contribution in [-0.2, 0) is 4.79 Å². The van der Waals surface area contributed by atoms with Crippen LogP contribution in [0.3, 0.4) is 0 Å². The smallest absolute Gasteiger partial charge is 0.234 e. The van der Waals surface area contributed by atoms with Crippen molar-refractivity contribution in [2.75, 3.05) is 11.1 Å². The van der Waals surface area contributed by atoms with Crippen molar-refractivity contribution in [3.63, 3.8) is 0 Å². The number of rotatable bonds is 7. The highest BCUT2D eigenvalue weighted by Gasteiger charge is 2.17. The lowest BCUT2D eigenvalue weighted by Gasteiger charge is -2.11. The maximum atomic E-state index is 12.5. The Morgan fingerprint density at radius 3 is 2.27 bits per heavy atom. The fourth-order valence-corrected chi connectivity index (χ4v) is 3.97. The van der Waals surface area contributed by atoms with E-state index in [-0.39, 0.29) is 17.2 Å². The number of carbonyl (C=O) groups excluding carboxylic acids is 2. The third-order valence-electron chi connectivity index (χ3n) is 4.76. The normalized spacial score (nSPS) is 10.7. The van der Waals surface area contributed by atoms with Crippen molar-refractivity contribution in [1.82, 2.24) is 14.8 Å². The number of hydrogen-bond donors (Lipinski definition) is 1. The minimum atomic E-state index is -1.27. The summed E-state index contributed by atoms with van der Waals surface area (Å²) >= 11 is 7.28. The Balaban J connectivity index is 1.55. The van der Waals surface area contributed by atoms with Crippen molar-refractivity contribution in [2.45, 2.75) is 12.1 Å². The summed E-state index contributed by atoms with van der Waals surface area (Å²) in [7, 11) is 0. The highest BCUT2D eigenvalue weighted by Crippen LogP contribution is 2.29. The predicted molar refractivity (Wildman–Crippen MR) is 127 cm³/mol. The third-order valence-corrected chi connectivity index (χ3v) is 5.95. The topological polar surface area (TPSA) is 99.9 Å². The van der Waals surface area contributed by atoms with Gasteiger partial charge in [0.15, 0.2) is 11.0 Å². The number of halogens is 1. The first-order chi connectivity index (χ1) is 15.9. The average Bonchev–Trinajstić information content (AvgIpc) is 3.23. The highest BCUT2D eigenvalue weighted by molar-refractivity contribution is 7.99. The monoisotopic (exact) mass is 477 g/mol. The molecule has 1 amide bonds. The Kier molecular flexibility index (Phi) is 6.76. The zero-order valence-corrected chi connectivity index (χ0v) is 19.1. The maximum absolute atomic E-state index is 12.5. The fourth-order valence-electron chi connectivity index (χ4n) is 3.09. The van der Waals surface area contributed by atoms with Gasteiger partial charge in [-0.05, 0) is 61.0 Å². The second kappa shape index (κ2) is 9.89. The van der Waals surface area contributed by atoms with E-state index >= 15 is 0 Å². The van der Waals surface area contributed by atoms with E-state index in [1.165, 1.54) is 36.0 Å². The van der Waals surface area contributed by atoms with E-state index in [0.717, 1.165) is 16.8 Å². The maximum Gasteiger partial charge on any atom is 0.234 e. The largest absolute Gasteiger partial charge is 0.545 e. The zero-order chi connectivity index (χ0) is 23.4. The summed E-state index contributed by atoms with van der Waals surface area (Å²) in [5, 5.41) is 23.5. The molecule has 0 fully saturated rings. The van der Waals surface area contributed by atoms with Crippen LogP contribution in [0.5, 0.6) is 0 Å². The molecule has 0 bridgehead atoms.